The smallest absolute Gasteiger partial charge is 0.274 e. The van der Waals surface area contributed by atoms with Crippen molar-refractivity contribution in [3.05, 3.63) is 58.1 Å². The highest BCUT2D eigenvalue weighted by atomic mass is 35.5. The van der Waals surface area contributed by atoms with Gasteiger partial charge in [0.05, 0.1) is 38.4 Å². The molecule has 0 saturated heterocycles. The van der Waals surface area contributed by atoms with Gasteiger partial charge in [0, 0.05) is 73.1 Å². The van der Waals surface area contributed by atoms with E-state index >= 15 is 0 Å². The summed E-state index contributed by atoms with van der Waals surface area (Å²) in [5, 5.41) is 17.1. The highest BCUT2D eigenvalue weighted by Gasteiger charge is 2.21. The normalized spacial score (nSPS) is 11.0. The fraction of sp³-hybridized carbons (Fsp3) is 0.400. The van der Waals surface area contributed by atoms with Crippen LogP contribution in [-0.2, 0) is 19.2 Å². The number of halogens is 2. The Kier molecular flexibility index (Phi) is 23.1. The maximum Gasteiger partial charge on any atom is 0.274 e. The minimum atomic E-state index is -0.722. The Labute approximate surface area is 384 Å². The standard InChI is InChI=1S/C40H53Cl2N13O6S2/c1-3-33(57)48-14-16-63-37-28(53-35(59)10-6-8-12-49-40(44)45)18-26(42)20-30(37)55-39(61)32-21-31(50-22-51-32)38(60)54-29-19-25(41)17-27(36(29)62-15-13-46-23-56)52-34(58)9-5-4-7-11-47-24(2)43/h17-23H,3-16H2,1-2H3,(H2,43,47)(H,46,56)(H,48,57)(H,52,58)(H,53,59)(H,54,60)(H,55,61)(H4,44,45,49). The number of hydrogen-bond donors (Lipinski definition) is 9. The van der Waals surface area contributed by atoms with E-state index in [1.165, 1.54) is 41.7 Å². The fourth-order valence-electron chi connectivity index (χ4n) is 5.45. The lowest BCUT2D eigenvalue weighted by Crippen LogP contribution is -2.24. The second-order valence-corrected chi connectivity index (χ2v) is 16.6. The summed E-state index contributed by atoms with van der Waals surface area (Å²) in [4.78, 5) is 93.5. The number of thioether (sulfide) groups is 2. The number of unbranched alkanes of at least 4 members (excludes halogenated alkanes) is 3. The average Bonchev–Trinajstić information content (AvgIpc) is 3.23. The number of rotatable bonds is 27. The molecule has 0 atom stereocenters. The van der Waals surface area contributed by atoms with Crippen molar-refractivity contribution in [2.75, 3.05) is 59.0 Å². The van der Waals surface area contributed by atoms with Crippen molar-refractivity contribution in [3.8, 4) is 0 Å². The molecule has 0 radical (unpaired) electrons. The monoisotopic (exact) mass is 945 g/mol. The van der Waals surface area contributed by atoms with Gasteiger partial charge < -0.3 is 49.1 Å². The third-order valence-electron chi connectivity index (χ3n) is 8.38. The van der Waals surface area contributed by atoms with Gasteiger partial charge in [0.1, 0.15) is 17.7 Å². The second-order valence-electron chi connectivity index (χ2n) is 13.5. The number of carbonyl (C=O) groups is 6. The Balaban J connectivity index is 1.84. The molecule has 0 aliphatic carbocycles. The molecular weight excluding hydrogens is 894 g/mol. The number of carbonyl (C=O) groups excluding carboxylic acids is 6. The molecular formula is C40H53Cl2N13O6S2. The van der Waals surface area contributed by atoms with Crippen molar-refractivity contribution in [2.45, 2.75) is 75.0 Å². The molecule has 340 valence electrons. The first kappa shape index (κ1) is 51.7. The van der Waals surface area contributed by atoms with Crippen LogP contribution in [0.4, 0.5) is 22.7 Å². The number of aromatic nitrogens is 2. The van der Waals surface area contributed by atoms with Crippen molar-refractivity contribution < 1.29 is 28.8 Å². The van der Waals surface area contributed by atoms with E-state index < -0.39 is 11.8 Å². The van der Waals surface area contributed by atoms with E-state index in [1.54, 1.807) is 26.0 Å². The summed E-state index contributed by atoms with van der Waals surface area (Å²) in [6, 6.07) is 7.32. The molecule has 19 nitrogen and oxygen atoms in total. The van der Waals surface area contributed by atoms with Crippen molar-refractivity contribution >= 4 is 117 Å². The Morgan fingerprint density at radius 3 is 1.63 bits per heavy atom. The lowest BCUT2D eigenvalue weighted by Gasteiger charge is -2.18. The summed E-state index contributed by atoms with van der Waals surface area (Å²) < 4.78 is 0. The van der Waals surface area contributed by atoms with Gasteiger partial charge in [-0.05, 0) is 56.9 Å². The van der Waals surface area contributed by atoms with Gasteiger partial charge in [-0.25, -0.2) is 9.97 Å². The van der Waals surface area contributed by atoms with Crippen LogP contribution in [0.2, 0.25) is 10.0 Å². The van der Waals surface area contributed by atoms with E-state index in [-0.39, 0.29) is 69.3 Å². The molecule has 6 amide bonds. The van der Waals surface area contributed by atoms with Crippen LogP contribution in [0.1, 0.15) is 86.2 Å². The Morgan fingerprint density at radius 1 is 0.667 bits per heavy atom. The zero-order valence-corrected chi connectivity index (χ0v) is 38.1. The Bertz CT molecular complexity index is 2140. The number of benzene rings is 2. The van der Waals surface area contributed by atoms with E-state index in [1.807, 2.05) is 0 Å². The van der Waals surface area contributed by atoms with E-state index in [0.29, 0.717) is 96.8 Å². The summed E-state index contributed by atoms with van der Waals surface area (Å²) in [6.07, 6.45) is 5.55. The van der Waals surface area contributed by atoms with E-state index in [2.05, 4.69) is 51.9 Å². The van der Waals surface area contributed by atoms with Gasteiger partial charge in [0.15, 0.2) is 5.96 Å². The average molecular weight is 947 g/mol. The summed E-state index contributed by atoms with van der Waals surface area (Å²) in [6.45, 7) is 5.00. The minimum Gasteiger partial charge on any atom is -0.388 e. The van der Waals surface area contributed by atoms with Gasteiger partial charge in [-0.15, -0.1) is 23.5 Å². The van der Waals surface area contributed by atoms with Crippen molar-refractivity contribution in [2.24, 2.45) is 27.2 Å². The molecule has 0 bridgehead atoms. The van der Waals surface area contributed by atoms with E-state index in [0.717, 1.165) is 19.2 Å². The van der Waals surface area contributed by atoms with Crippen LogP contribution >= 0.6 is 46.7 Å². The Hall–Kier alpha value is -5.64. The van der Waals surface area contributed by atoms with Crippen molar-refractivity contribution in [1.29, 1.82) is 0 Å². The lowest BCUT2D eigenvalue weighted by atomic mass is 10.2. The third kappa shape index (κ3) is 19.5. The minimum absolute atomic E-state index is 0.0325. The second kappa shape index (κ2) is 28.1. The first-order valence-corrected chi connectivity index (χ1v) is 22.7. The first-order valence-electron chi connectivity index (χ1n) is 19.9. The van der Waals surface area contributed by atoms with Gasteiger partial charge in [0.25, 0.3) is 11.8 Å². The molecule has 1 heterocycles. The molecule has 0 spiro atoms. The lowest BCUT2D eigenvalue weighted by molar-refractivity contribution is -0.120. The van der Waals surface area contributed by atoms with Crippen LogP contribution in [0.15, 0.2) is 56.4 Å². The number of guanidine groups is 1. The van der Waals surface area contributed by atoms with Crippen molar-refractivity contribution in [3.63, 3.8) is 0 Å². The van der Waals surface area contributed by atoms with Gasteiger partial charge in [-0.1, -0.05) is 36.5 Å². The predicted octanol–water partition coefficient (Wildman–Crippen LogP) is 5.00. The van der Waals surface area contributed by atoms with Gasteiger partial charge >= 0.3 is 0 Å². The number of amides is 6. The molecule has 63 heavy (non-hydrogen) atoms. The number of nitrogens with one attached hydrogen (secondary N) is 6. The SMILES string of the molecule is CCC(=O)NCCSc1c(NC(=O)CCCCN=C(N)N)cc(Cl)cc1NC(=O)c1cc(C(=O)Nc2cc(Cl)cc(NC(=O)CCCCCN=C(C)N)c2SCCNC=O)ncn1. The predicted molar refractivity (Wildman–Crippen MR) is 252 cm³/mol. The van der Waals surface area contributed by atoms with E-state index in [9.17, 15) is 28.8 Å². The van der Waals surface area contributed by atoms with Crippen LogP contribution in [0.5, 0.6) is 0 Å². The molecule has 0 aliphatic rings. The highest BCUT2D eigenvalue weighted by molar-refractivity contribution is 7.99. The van der Waals surface area contributed by atoms with Gasteiger partial charge in [0.2, 0.25) is 24.1 Å². The topological polar surface area (TPSA) is 303 Å². The summed E-state index contributed by atoms with van der Waals surface area (Å²) in [7, 11) is 0. The number of hydrogen-bond acceptors (Lipinski definition) is 12. The maximum absolute atomic E-state index is 13.8. The van der Waals surface area contributed by atoms with Gasteiger partial charge in [-0.3, -0.25) is 38.8 Å². The van der Waals surface area contributed by atoms with Crippen LogP contribution < -0.4 is 49.1 Å². The molecule has 0 aliphatic heterocycles. The molecule has 2 aromatic carbocycles. The zero-order chi connectivity index (χ0) is 46.1. The maximum atomic E-state index is 13.8. The molecule has 3 rings (SSSR count). The fourth-order valence-corrected chi connectivity index (χ4v) is 7.78. The largest absolute Gasteiger partial charge is 0.388 e. The summed E-state index contributed by atoms with van der Waals surface area (Å²) in [5.74, 6) is -0.910. The summed E-state index contributed by atoms with van der Waals surface area (Å²) in [5.41, 5.74) is 17.2. The quantitative estimate of drug-likeness (QED) is 0.0160. The first-order chi connectivity index (χ1) is 30.2. The molecule has 1 aromatic heterocycles. The molecule has 0 unspecified atom stereocenters. The number of anilines is 4. The van der Waals surface area contributed by atoms with Crippen LogP contribution in [0.3, 0.4) is 0 Å². The molecule has 3 aromatic rings. The van der Waals surface area contributed by atoms with E-state index in [4.69, 9.17) is 40.4 Å². The number of aliphatic imine (C=N–C) groups is 2. The van der Waals surface area contributed by atoms with Crippen molar-refractivity contribution in [1.82, 2.24) is 20.6 Å². The number of amidine groups is 1. The number of nitrogens with two attached hydrogens (primary N) is 3. The summed E-state index contributed by atoms with van der Waals surface area (Å²) >= 11 is 15.5. The highest BCUT2D eigenvalue weighted by Crippen LogP contribution is 2.39. The Morgan fingerprint density at radius 2 is 1.14 bits per heavy atom. The molecule has 12 N–H and O–H groups in total. The van der Waals surface area contributed by atoms with Gasteiger partial charge in [-0.2, -0.15) is 0 Å². The van der Waals surface area contributed by atoms with Crippen LogP contribution in [-0.4, -0.2) is 95.4 Å². The molecule has 23 heteroatoms. The third-order valence-corrected chi connectivity index (χ3v) is 11.1. The molecule has 0 saturated carbocycles. The molecule has 0 fully saturated rings. The number of nitrogens with zero attached hydrogens (tertiary/aromatic N) is 4. The van der Waals surface area contributed by atoms with Crippen LogP contribution in [0.25, 0.3) is 0 Å². The zero-order valence-electron chi connectivity index (χ0n) is 35.0. The van der Waals surface area contributed by atoms with Crippen LogP contribution in [0, 0.1) is 0 Å².